The molecule has 0 N–H and O–H groups in total. The van der Waals surface area contributed by atoms with Gasteiger partial charge in [0.05, 0.1) is 24.3 Å². The smallest absolute Gasteiger partial charge is 0.284 e. The molecule has 0 aliphatic carbocycles. The van der Waals surface area contributed by atoms with Crippen molar-refractivity contribution in [2.24, 2.45) is 5.10 Å². The summed E-state index contributed by atoms with van der Waals surface area (Å²) in [6.07, 6.45) is 1.67. The lowest BCUT2D eigenvalue weighted by Crippen LogP contribution is -2.21. The maximum atomic E-state index is 12.9. The number of hydrazone groups is 1. The molecule has 0 unspecified atom stereocenters. The van der Waals surface area contributed by atoms with Gasteiger partial charge in [0.15, 0.2) is 0 Å². The number of carbonyl (C=O) groups is 1. The molecule has 3 rings (SSSR count). The van der Waals surface area contributed by atoms with Crippen LogP contribution in [0.5, 0.6) is 5.75 Å². The van der Waals surface area contributed by atoms with Gasteiger partial charge in [-0.1, -0.05) is 12.1 Å². The second kappa shape index (κ2) is 7.69. The molecule has 0 radical (unpaired) electrons. The molecule has 0 fully saturated rings. The fourth-order valence-electron chi connectivity index (χ4n) is 2.55. The number of amides is 1. The highest BCUT2D eigenvalue weighted by molar-refractivity contribution is 6.30. The molecule has 0 saturated carbocycles. The van der Waals surface area contributed by atoms with Gasteiger partial charge in [-0.3, -0.25) is 14.9 Å². The standard InChI is InChI=1S/C19H17N3O5/c1-3-27-18-17(12-13-5-4-6-16(11-13)26-2)19(23)21(20-18)14-7-9-15(10-8-14)22(24)25/h4-12H,3H2,1-2H3. The Bertz CT molecular complexity index is 935. The van der Waals surface area contributed by atoms with E-state index in [4.69, 9.17) is 9.47 Å². The van der Waals surface area contributed by atoms with Crippen LogP contribution in [0.2, 0.25) is 0 Å². The van der Waals surface area contributed by atoms with Crippen molar-refractivity contribution in [3.05, 3.63) is 69.8 Å². The van der Waals surface area contributed by atoms with Crippen molar-refractivity contribution in [1.82, 2.24) is 0 Å². The normalized spacial score (nSPS) is 15.0. The molecular formula is C19H17N3O5. The van der Waals surface area contributed by atoms with Crippen LogP contribution in [0.3, 0.4) is 0 Å². The zero-order valence-corrected chi connectivity index (χ0v) is 14.8. The average molecular weight is 367 g/mol. The van der Waals surface area contributed by atoms with Crippen LogP contribution in [-0.2, 0) is 9.53 Å². The van der Waals surface area contributed by atoms with Crippen molar-refractivity contribution >= 4 is 29.3 Å². The van der Waals surface area contributed by atoms with Gasteiger partial charge in [-0.15, -0.1) is 5.10 Å². The highest BCUT2D eigenvalue weighted by Gasteiger charge is 2.32. The van der Waals surface area contributed by atoms with Crippen molar-refractivity contribution in [2.45, 2.75) is 6.92 Å². The minimum Gasteiger partial charge on any atom is -0.497 e. The van der Waals surface area contributed by atoms with E-state index in [1.807, 2.05) is 12.1 Å². The zero-order valence-electron chi connectivity index (χ0n) is 14.8. The van der Waals surface area contributed by atoms with Crippen LogP contribution in [0, 0.1) is 10.1 Å². The lowest BCUT2D eigenvalue weighted by molar-refractivity contribution is -0.384. The van der Waals surface area contributed by atoms with E-state index < -0.39 is 4.92 Å². The lowest BCUT2D eigenvalue weighted by Gasteiger charge is -2.10. The Morgan fingerprint density at radius 3 is 2.59 bits per heavy atom. The molecule has 0 aromatic heterocycles. The highest BCUT2D eigenvalue weighted by atomic mass is 16.6. The third-order valence-electron chi connectivity index (χ3n) is 3.83. The number of anilines is 1. The Morgan fingerprint density at radius 2 is 1.96 bits per heavy atom. The van der Waals surface area contributed by atoms with E-state index in [1.165, 1.54) is 29.3 Å². The van der Waals surface area contributed by atoms with Crippen LogP contribution >= 0.6 is 0 Å². The fourth-order valence-corrected chi connectivity index (χ4v) is 2.55. The van der Waals surface area contributed by atoms with Gasteiger partial charge in [0, 0.05) is 12.1 Å². The summed E-state index contributed by atoms with van der Waals surface area (Å²) >= 11 is 0. The quantitative estimate of drug-likeness (QED) is 0.459. The summed E-state index contributed by atoms with van der Waals surface area (Å²) in [5.74, 6) is 0.482. The number of carbonyl (C=O) groups excluding carboxylic acids is 1. The summed E-state index contributed by atoms with van der Waals surface area (Å²) in [4.78, 5) is 23.2. The van der Waals surface area contributed by atoms with Crippen LogP contribution in [0.4, 0.5) is 11.4 Å². The summed E-state index contributed by atoms with van der Waals surface area (Å²) in [5, 5.41) is 16.2. The zero-order chi connectivity index (χ0) is 19.4. The second-order valence-corrected chi connectivity index (χ2v) is 5.56. The summed E-state index contributed by atoms with van der Waals surface area (Å²) < 4.78 is 10.7. The third kappa shape index (κ3) is 3.79. The third-order valence-corrected chi connectivity index (χ3v) is 3.83. The first-order valence-corrected chi connectivity index (χ1v) is 8.20. The van der Waals surface area contributed by atoms with E-state index in [0.29, 0.717) is 23.6 Å². The van der Waals surface area contributed by atoms with Crippen molar-refractivity contribution in [2.75, 3.05) is 18.7 Å². The fraction of sp³-hybridized carbons (Fsp3) is 0.158. The molecule has 0 atom stereocenters. The first-order chi connectivity index (χ1) is 13.0. The maximum absolute atomic E-state index is 12.9. The molecule has 0 bridgehead atoms. The van der Waals surface area contributed by atoms with Gasteiger partial charge in [-0.25, -0.2) is 0 Å². The number of benzene rings is 2. The molecule has 0 spiro atoms. The molecule has 8 heteroatoms. The molecule has 2 aromatic rings. The van der Waals surface area contributed by atoms with Gasteiger partial charge in [0.1, 0.15) is 11.3 Å². The van der Waals surface area contributed by atoms with Crippen molar-refractivity contribution in [3.63, 3.8) is 0 Å². The first kappa shape index (κ1) is 18.1. The number of nitrogens with zero attached hydrogens (tertiary/aromatic N) is 3. The second-order valence-electron chi connectivity index (χ2n) is 5.56. The molecule has 1 aliphatic heterocycles. The van der Waals surface area contributed by atoms with Gasteiger partial charge < -0.3 is 9.47 Å². The van der Waals surface area contributed by atoms with E-state index >= 15 is 0 Å². The SMILES string of the molecule is CCOC1=NN(c2ccc([N+](=O)[O-])cc2)C(=O)C1=Cc1cccc(OC)c1. The number of methoxy groups -OCH3 is 1. The lowest BCUT2D eigenvalue weighted by atomic mass is 10.1. The molecule has 27 heavy (non-hydrogen) atoms. The number of rotatable bonds is 5. The molecular weight excluding hydrogens is 350 g/mol. The number of nitro groups is 1. The van der Waals surface area contributed by atoms with Gasteiger partial charge >= 0.3 is 0 Å². The monoisotopic (exact) mass is 367 g/mol. The Balaban J connectivity index is 1.96. The number of hydrogen-bond donors (Lipinski definition) is 0. The number of hydrogen-bond acceptors (Lipinski definition) is 6. The van der Waals surface area contributed by atoms with E-state index in [0.717, 1.165) is 5.56 Å². The van der Waals surface area contributed by atoms with Crippen molar-refractivity contribution in [3.8, 4) is 5.75 Å². The van der Waals surface area contributed by atoms with Gasteiger partial charge in [-0.05, 0) is 42.8 Å². The van der Waals surface area contributed by atoms with Crippen LogP contribution in [0.25, 0.3) is 6.08 Å². The van der Waals surface area contributed by atoms with E-state index in [-0.39, 0.29) is 17.5 Å². The molecule has 8 nitrogen and oxygen atoms in total. The predicted octanol–water partition coefficient (Wildman–Crippen LogP) is 3.38. The number of ether oxygens (including phenoxy) is 2. The summed E-state index contributed by atoms with van der Waals surface area (Å²) in [5.41, 5.74) is 1.41. The van der Waals surface area contributed by atoms with Gasteiger partial charge in [-0.2, -0.15) is 5.01 Å². The van der Waals surface area contributed by atoms with Crippen LogP contribution < -0.4 is 9.75 Å². The van der Waals surface area contributed by atoms with Crippen molar-refractivity contribution in [1.29, 1.82) is 0 Å². The minimum atomic E-state index is -0.501. The van der Waals surface area contributed by atoms with E-state index in [9.17, 15) is 14.9 Å². The first-order valence-electron chi connectivity index (χ1n) is 8.20. The summed E-state index contributed by atoms with van der Waals surface area (Å²) in [7, 11) is 1.57. The number of nitro benzene ring substituents is 1. The molecule has 0 saturated heterocycles. The molecule has 1 aliphatic rings. The Labute approximate surface area is 155 Å². The molecule has 2 aromatic carbocycles. The average Bonchev–Trinajstić information content (AvgIpc) is 2.98. The number of non-ortho nitro benzene ring substituents is 1. The van der Waals surface area contributed by atoms with Crippen LogP contribution in [0.15, 0.2) is 59.2 Å². The van der Waals surface area contributed by atoms with E-state index in [2.05, 4.69) is 5.10 Å². The molecule has 138 valence electrons. The maximum Gasteiger partial charge on any atom is 0.284 e. The molecule has 1 heterocycles. The van der Waals surface area contributed by atoms with Gasteiger partial charge in [0.2, 0.25) is 5.90 Å². The van der Waals surface area contributed by atoms with Crippen molar-refractivity contribution < 1.29 is 19.2 Å². The Hall–Kier alpha value is -3.68. The van der Waals surface area contributed by atoms with Gasteiger partial charge in [0.25, 0.3) is 11.6 Å². The largest absolute Gasteiger partial charge is 0.497 e. The topological polar surface area (TPSA) is 94.3 Å². The summed E-state index contributed by atoms with van der Waals surface area (Å²) in [6.45, 7) is 2.14. The summed E-state index contributed by atoms with van der Waals surface area (Å²) in [6, 6.07) is 12.8. The predicted molar refractivity (Wildman–Crippen MR) is 101 cm³/mol. The van der Waals surface area contributed by atoms with E-state index in [1.54, 1.807) is 32.2 Å². The molecule has 1 amide bonds. The highest BCUT2D eigenvalue weighted by Crippen LogP contribution is 2.27. The minimum absolute atomic E-state index is 0.0634. The van der Waals surface area contributed by atoms with Crippen LogP contribution in [0.1, 0.15) is 12.5 Å². The van der Waals surface area contributed by atoms with Crippen LogP contribution in [-0.4, -0.2) is 30.4 Å². The Morgan fingerprint density at radius 1 is 1.22 bits per heavy atom. The Kier molecular flexibility index (Phi) is 5.16.